The molecule has 0 aliphatic heterocycles. The Kier molecular flexibility index (Phi) is 15.2. The Balaban J connectivity index is 0.00000392. The van der Waals surface area contributed by atoms with E-state index in [1.54, 1.807) is 19.2 Å². The van der Waals surface area contributed by atoms with Gasteiger partial charge < -0.3 is 20.1 Å². The van der Waals surface area contributed by atoms with Crippen LogP contribution >= 0.6 is 63.9 Å². The molecule has 0 bridgehead atoms. The van der Waals surface area contributed by atoms with E-state index >= 15 is 0 Å². The van der Waals surface area contributed by atoms with Crippen molar-refractivity contribution in [3.63, 3.8) is 0 Å². The van der Waals surface area contributed by atoms with Gasteiger partial charge in [-0.05, 0) is 77.4 Å². The van der Waals surface area contributed by atoms with Crippen molar-refractivity contribution < 1.29 is 9.47 Å². The second-order valence-electron chi connectivity index (χ2n) is 6.03. The standard InChI is InChI=1S/C20H25BrCl2N2O2.2ClH/c1-3-24-7-4-8-25-12-15-9-16(21)20(19(11-15)26-2)27-13-14-5-6-17(22)18(23)10-14;;/h5-6,9-11,24-25H,3-4,7-8,12-13H2,1-2H3;2*1H. The Hall–Kier alpha value is -0.400. The lowest BCUT2D eigenvalue weighted by molar-refractivity contribution is 0.282. The van der Waals surface area contributed by atoms with Gasteiger partial charge >= 0.3 is 0 Å². The van der Waals surface area contributed by atoms with Gasteiger partial charge in [0, 0.05) is 6.54 Å². The van der Waals surface area contributed by atoms with Gasteiger partial charge in [0.1, 0.15) is 6.61 Å². The molecule has 29 heavy (non-hydrogen) atoms. The maximum atomic E-state index is 6.06. The second-order valence-corrected chi connectivity index (χ2v) is 7.70. The van der Waals surface area contributed by atoms with Crippen LogP contribution in [0, 0.1) is 0 Å². The number of nitrogens with one attached hydrogen (secondary N) is 2. The van der Waals surface area contributed by atoms with Gasteiger partial charge in [-0.15, -0.1) is 24.8 Å². The van der Waals surface area contributed by atoms with Gasteiger partial charge in [-0.3, -0.25) is 0 Å². The first-order chi connectivity index (χ1) is 13.0. The van der Waals surface area contributed by atoms with Crippen molar-refractivity contribution >= 4 is 63.9 Å². The Morgan fingerprint density at radius 3 is 2.34 bits per heavy atom. The fourth-order valence-electron chi connectivity index (χ4n) is 2.55. The van der Waals surface area contributed by atoms with Crippen molar-refractivity contribution in [1.82, 2.24) is 10.6 Å². The number of hydrogen-bond donors (Lipinski definition) is 2. The molecule has 0 aromatic heterocycles. The van der Waals surface area contributed by atoms with Crippen LogP contribution in [0.5, 0.6) is 11.5 Å². The summed E-state index contributed by atoms with van der Waals surface area (Å²) in [6, 6.07) is 9.49. The molecule has 2 aromatic rings. The Labute approximate surface area is 204 Å². The number of hydrogen-bond acceptors (Lipinski definition) is 4. The summed E-state index contributed by atoms with van der Waals surface area (Å²) in [5.41, 5.74) is 2.06. The van der Waals surface area contributed by atoms with E-state index in [9.17, 15) is 0 Å². The third-order valence-corrected chi connectivity index (χ3v) is 5.27. The third kappa shape index (κ3) is 9.52. The van der Waals surface area contributed by atoms with Crippen molar-refractivity contribution in [3.05, 3.63) is 56.0 Å². The molecule has 2 aromatic carbocycles. The molecule has 0 radical (unpaired) electrons. The normalized spacial score (nSPS) is 10.1. The van der Waals surface area contributed by atoms with E-state index in [1.807, 2.05) is 18.2 Å². The molecule has 164 valence electrons. The summed E-state index contributed by atoms with van der Waals surface area (Å²) in [7, 11) is 1.64. The van der Waals surface area contributed by atoms with Crippen LogP contribution in [-0.4, -0.2) is 26.7 Å². The summed E-state index contributed by atoms with van der Waals surface area (Å²) < 4.78 is 12.3. The smallest absolute Gasteiger partial charge is 0.175 e. The Bertz CT molecular complexity index is 751. The highest BCUT2D eigenvalue weighted by Crippen LogP contribution is 2.37. The molecule has 0 aliphatic carbocycles. The van der Waals surface area contributed by atoms with Gasteiger partial charge in [-0.1, -0.05) is 36.2 Å². The number of rotatable bonds is 11. The molecule has 0 saturated carbocycles. The lowest BCUT2D eigenvalue weighted by Gasteiger charge is -2.15. The first-order valence-electron chi connectivity index (χ1n) is 8.89. The van der Waals surface area contributed by atoms with Crippen LogP contribution in [0.2, 0.25) is 10.0 Å². The minimum Gasteiger partial charge on any atom is -0.493 e. The van der Waals surface area contributed by atoms with Crippen molar-refractivity contribution in [1.29, 1.82) is 0 Å². The summed E-state index contributed by atoms with van der Waals surface area (Å²) in [6.07, 6.45) is 1.09. The van der Waals surface area contributed by atoms with E-state index in [1.165, 1.54) is 0 Å². The largest absolute Gasteiger partial charge is 0.493 e. The van der Waals surface area contributed by atoms with E-state index in [0.717, 1.165) is 48.2 Å². The van der Waals surface area contributed by atoms with Crippen LogP contribution < -0.4 is 20.1 Å². The molecule has 2 rings (SSSR count). The van der Waals surface area contributed by atoms with E-state index in [2.05, 4.69) is 33.5 Å². The van der Waals surface area contributed by atoms with Crippen LogP contribution in [0.4, 0.5) is 0 Å². The van der Waals surface area contributed by atoms with E-state index in [0.29, 0.717) is 28.2 Å². The molecular formula is C20H27BrCl4N2O2. The lowest BCUT2D eigenvalue weighted by atomic mass is 10.2. The zero-order valence-corrected chi connectivity index (χ0v) is 21.1. The van der Waals surface area contributed by atoms with Gasteiger partial charge in [0.05, 0.1) is 21.6 Å². The van der Waals surface area contributed by atoms with Crippen LogP contribution in [0.15, 0.2) is 34.8 Å². The zero-order chi connectivity index (χ0) is 19.6. The molecule has 0 unspecified atom stereocenters. The summed E-state index contributed by atoms with van der Waals surface area (Å²) in [5.74, 6) is 1.35. The molecule has 0 aliphatic rings. The first-order valence-corrected chi connectivity index (χ1v) is 10.4. The number of methoxy groups -OCH3 is 1. The maximum absolute atomic E-state index is 6.06. The number of halogens is 5. The number of ether oxygens (including phenoxy) is 2. The fourth-order valence-corrected chi connectivity index (χ4v) is 3.47. The van der Waals surface area contributed by atoms with E-state index < -0.39 is 0 Å². The highest BCUT2D eigenvalue weighted by atomic mass is 79.9. The van der Waals surface area contributed by atoms with Crippen molar-refractivity contribution in [3.8, 4) is 11.5 Å². The molecule has 0 amide bonds. The molecule has 0 spiro atoms. The van der Waals surface area contributed by atoms with Gasteiger partial charge in [0.15, 0.2) is 11.5 Å². The van der Waals surface area contributed by atoms with Crippen LogP contribution in [-0.2, 0) is 13.2 Å². The van der Waals surface area contributed by atoms with E-state index in [-0.39, 0.29) is 24.8 Å². The van der Waals surface area contributed by atoms with E-state index in [4.69, 9.17) is 32.7 Å². The first kappa shape index (κ1) is 28.6. The highest BCUT2D eigenvalue weighted by Gasteiger charge is 2.12. The second kappa shape index (κ2) is 15.4. The number of benzene rings is 2. The summed E-state index contributed by atoms with van der Waals surface area (Å²) in [4.78, 5) is 0. The molecule has 4 nitrogen and oxygen atoms in total. The molecular weight excluding hydrogens is 522 g/mol. The predicted molar refractivity (Wildman–Crippen MR) is 131 cm³/mol. The molecule has 2 N–H and O–H groups in total. The zero-order valence-electron chi connectivity index (χ0n) is 16.4. The fraction of sp³-hybridized carbons (Fsp3) is 0.400. The van der Waals surface area contributed by atoms with Crippen molar-refractivity contribution in [2.45, 2.75) is 26.5 Å². The van der Waals surface area contributed by atoms with Gasteiger partial charge in [-0.25, -0.2) is 0 Å². The van der Waals surface area contributed by atoms with Crippen molar-refractivity contribution in [2.24, 2.45) is 0 Å². The van der Waals surface area contributed by atoms with Crippen LogP contribution in [0.1, 0.15) is 24.5 Å². The Morgan fingerprint density at radius 1 is 0.966 bits per heavy atom. The van der Waals surface area contributed by atoms with Crippen LogP contribution in [0.25, 0.3) is 0 Å². The van der Waals surface area contributed by atoms with Crippen molar-refractivity contribution in [2.75, 3.05) is 26.7 Å². The predicted octanol–water partition coefficient (Wildman–Crippen LogP) is 6.28. The molecule has 9 heteroatoms. The van der Waals surface area contributed by atoms with Gasteiger partial charge in [-0.2, -0.15) is 0 Å². The maximum Gasteiger partial charge on any atom is 0.175 e. The topological polar surface area (TPSA) is 42.5 Å². The summed E-state index contributed by atoms with van der Waals surface area (Å²) in [5, 5.41) is 7.80. The monoisotopic (exact) mass is 546 g/mol. The third-order valence-electron chi connectivity index (χ3n) is 3.94. The average Bonchev–Trinajstić information content (AvgIpc) is 2.66. The molecule has 0 heterocycles. The molecule has 0 fully saturated rings. The molecule has 0 saturated heterocycles. The van der Waals surface area contributed by atoms with Crippen LogP contribution in [0.3, 0.4) is 0 Å². The summed E-state index contributed by atoms with van der Waals surface area (Å²) >= 11 is 15.6. The highest BCUT2D eigenvalue weighted by molar-refractivity contribution is 9.10. The SMILES string of the molecule is CCNCCCNCc1cc(Br)c(OCc2ccc(Cl)c(Cl)c2)c(OC)c1.Cl.Cl. The van der Waals surface area contributed by atoms with Gasteiger partial charge in [0.25, 0.3) is 0 Å². The summed E-state index contributed by atoms with van der Waals surface area (Å²) in [6.45, 7) is 6.25. The quantitative estimate of drug-likeness (QED) is 0.324. The van der Waals surface area contributed by atoms with Gasteiger partial charge in [0.2, 0.25) is 0 Å². The minimum atomic E-state index is 0. The average molecular weight is 549 g/mol. The Morgan fingerprint density at radius 2 is 1.69 bits per heavy atom. The minimum absolute atomic E-state index is 0. The lowest BCUT2D eigenvalue weighted by Crippen LogP contribution is -2.21. The molecule has 0 atom stereocenters.